The topological polar surface area (TPSA) is 88.5 Å². The third-order valence-corrected chi connectivity index (χ3v) is 3.72. The fourth-order valence-corrected chi connectivity index (χ4v) is 2.28. The fraction of sp³-hybridized carbons (Fsp3) is 0.500. The summed E-state index contributed by atoms with van der Waals surface area (Å²) in [6, 6.07) is 3.55. The van der Waals surface area contributed by atoms with Crippen molar-refractivity contribution in [3.05, 3.63) is 29.6 Å². The molecule has 6 heteroatoms. The number of hydrogen-bond acceptors (Lipinski definition) is 4. The van der Waals surface area contributed by atoms with E-state index in [1.165, 1.54) is 0 Å². The van der Waals surface area contributed by atoms with E-state index < -0.39 is 11.4 Å². The zero-order valence-electron chi connectivity index (χ0n) is 11.4. The molecule has 1 fully saturated rings. The first kappa shape index (κ1) is 14.5. The molecule has 2 rings (SSSR count). The molecule has 1 aromatic rings. The van der Waals surface area contributed by atoms with E-state index >= 15 is 0 Å². The number of nitrogens with one attached hydrogen (secondary N) is 1. The number of carboxylic acid groups (broad SMARTS) is 1. The summed E-state index contributed by atoms with van der Waals surface area (Å²) in [5, 5.41) is 12.1. The molecule has 2 N–H and O–H groups in total. The average molecular weight is 278 g/mol. The van der Waals surface area contributed by atoms with Gasteiger partial charge in [0.1, 0.15) is 5.69 Å². The number of rotatable bonds is 4. The third kappa shape index (κ3) is 2.96. The van der Waals surface area contributed by atoms with Crippen LogP contribution < -0.4 is 5.32 Å². The number of carbonyl (C=O) groups excluding carboxylic acids is 1. The van der Waals surface area contributed by atoms with Crippen LogP contribution in [0.5, 0.6) is 0 Å². The van der Waals surface area contributed by atoms with Gasteiger partial charge in [0.25, 0.3) is 5.91 Å². The SMILES string of the molecule is Cc1cccnc1C(=O)NCC1(C(=O)O)CCOCC1. The molecule has 0 saturated carbocycles. The van der Waals surface area contributed by atoms with Gasteiger partial charge in [0.05, 0.1) is 5.41 Å². The number of aromatic nitrogens is 1. The molecule has 0 spiro atoms. The molecule has 1 aliphatic heterocycles. The standard InChI is InChI=1S/C14H18N2O4/c1-10-3-2-6-15-11(10)12(17)16-9-14(13(18)19)4-7-20-8-5-14/h2-3,6H,4-5,7-9H2,1H3,(H,16,17)(H,18,19). The number of amides is 1. The summed E-state index contributed by atoms with van der Waals surface area (Å²) in [4.78, 5) is 27.6. The summed E-state index contributed by atoms with van der Waals surface area (Å²) in [6.07, 6.45) is 2.36. The largest absolute Gasteiger partial charge is 0.481 e. The van der Waals surface area contributed by atoms with Crippen molar-refractivity contribution in [1.29, 1.82) is 0 Å². The molecule has 1 aromatic heterocycles. The lowest BCUT2D eigenvalue weighted by atomic mass is 9.80. The van der Waals surface area contributed by atoms with Gasteiger partial charge in [-0.15, -0.1) is 0 Å². The Balaban J connectivity index is 2.05. The fourth-order valence-electron chi connectivity index (χ4n) is 2.28. The number of hydrogen-bond donors (Lipinski definition) is 2. The van der Waals surface area contributed by atoms with Gasteiger partial charge in [-0.25, -0.2) is 0 Å². The predicted octanol–water partition coefficient (Wildman–Crippen LogP) is 1.00. The van der Waals surface area contributed by atoms with Gasteiger partial charge in [-0.05, 0) is 31.4 Å². The Morgan fingerprint density at radius 2 is 2.15 bits per heavy atom. The second-order valence-corrected chi connectivity index (χ2v) is 5.05. The van der Waals surface area contributed by atoms with E-state index in [9.17, 15) is 14.7 Å². The molecule has 20 heavy (non-hydrogen) atoms. The van der Waals surface area contributed by atoms with Gasteiger partial charge < -0.3 is 15.2 Å². The maximum atomic E-state index is 12.1. The van der Waals surface area contributed by atoms with Crippen molar-refractivity contribution in [2.45, 2.75) is 19.8 Å². The molecule has 0 bridgehead atoms. The molecule has 1 amide bonds. The summed E-state index contributed by atoms with van der Waals surface area (Å²) < 4.78 is 5.20. The lowest BCUT2D eigenvalue weighted by molar-refractivity contribution is -0.154. The lowest BCUT2D eigenvalue weighted by Crippen LogP contribution is -2.46. The van der Waals surface area contributed by atoms with E-state index in [-0.39, 0.29) is 12.5 Å². The van der Waals surface area contributed by atoms with Crippen molar-refractivity contribution in [2.24, 2.45) is 5.41 Å². The molecule has 0 atom stereocenters. The predicted molar refractivity (Wildman–Crippen MR) is 71.4 cm³/mol. The number of pyridine rings is 1. The van der Waals surface area contributed by atoms with E-state index in [2.05, 4.69) is 10.3 Å². The van der Waals surface area contributed by atoms with Crippen LogP contribution in [0.25, 0.3) is 0 Å². The summed E-state index contributed by atoms with van der Waals surface area (Å²) in [7, 11) is 0. The van der Waals surface area contributed by atoms with Gasteiger partial charge in [0, 0.05) is 26.0 Å². The smallest absolute Gasteiger partial charge is 0.311 e. The first-order valence-electron chi connectivity index (χ1n) is 6.56. The zero-order chi connectivity index (χ0) is 14.6. The molecule has 1 aliphatic rings. The molecule has 0 aliphatic carbocycles. The van der Waals surface area contributed by atoms with Gasteiger partial charge in [0.2, 0.25) is 0 Å². The molecule has 2 heterocycles. The van der Waals surface area contributed by atoms with Crippen LogP contribution in [0.2, 0.25) is 0 Å². The Morgan fingerprint density at radius 3 is 2.75 bits per heavy atom. The Labute approximate surface area is 117 Å². The first-order valence-corrected chi connectivity index (χ1v) is 6.56. The van der Waals surface area contributed by atoms with Crippen molar-refractivity contribution in [1.82, 2.24) is 10.3 Å². The van der Waals surface area contributed by atoms with Crippen LogP contribution in [0.4, 0.5) is 0 Å². The van der Waals surface area contributed by atoms with Crippen molar-refractivity contribution in [2.75, 3.05) is 19.8 Å². The maximum absolute atomic E-state index is 12.1. The number of ether oxygens (including phenoxy) is 1. The Hall–Kier alpha value is -1.95. The minimum absolute atomic E-state index is 0.0978. The lowest BCUT2D eigenvalue weighted by Gasteiger charge is -2.33. The molecule has 0 radical (unpaired) electrons. The van der Waals surface area contributed by atoms with E-state index in [0.717, 1.165) is 5.56 Å². The highest BCUT2D eigenvalue weighted by molar-refractivity contribution is 5.94. The van der Waals surface area contributed by atoms with Crippen LogP contribution in [0.3, 0.4) is 0 Å². The van der Waals surface area contributed by atoms with Crippen LogP contribution in [-0.2, 0) is 9.53 Å². The number of carboxylic acids is 1. The quantitative estimate of drug-likeness (QED) is 0.857. The highest BCUT2D eigenvalue weighted by Gasteiger charge is 2.40. The van der Waals surface area contributed by atoms with Crippen molar-refractivity contribution >= 4 is 11.9 Å². The maximum Gasteiger partial charge on any atom is 0.311 e. The number of carbonyl (C=O) groups is 2. The van der Waals surface area contributed by atoms with E-state index in [1.807, 2.05) is 0 Å². The van der Waals surface area contributed by atoms with Crippen LogP contribution >= 0.6 is 0 Å². The number of aliphatic carboxylic acids is 1. The Morgan fingerprint density at radius 1 is 1.45 bits per heavy atom. The van der Waals surface area contributed by atoms with E-state index in [1.54, 1.807) is 25.3 Å². The normalized spacial score (nSPS) is 17.4. The highest BCUT2D eigenvalue weighted by atomic mass is 16.5. The van der Waals surface area contributed by atoms with Gasteiger partial charge in [-0.3, -0.25) is 14.6 Å². The second-order valence-electron chi connectivity index (χ2n) is 5.05. The van der Waals surface area contributed by atoms with Crippen molar-refractivity contribution < 1.29 is 19.4 Å². The molecule has 0 unspecified atom stereocenters. The third-order valence-electron chi connectivity index (χ3n) is 3.72. The van der Waals surface area contributed by atoms with Crippen molar-refractivity contribution in [3.63, 3.8) is 0 Å². The van der Waals surface area contributed by atoms with Gasteiger partial charge in [-0.2, -0.15) is 0 Å². The van der Waals surface area contributed by atoms with E-state index in [0.29, 0.717) is 31.7 Å². The molecule has 0 aromatic carbocycles. The van der Waals surface area contributed by atoms with Crippen LogP contribution in [0, 0.1) is 12.3 Å². The highest BCUT2D eigenvalue weighted by Crippen LogP contribution is 2.30. The van der Waals surface area contributed by atoms with Gasteiger partial charge >= 0.3 is 5.97 Å². The number of nitrogens with zero attached hydrogens (tertiary/aromatic N) is 1. The van der Waals surface area contributed by atoms with Crippen molar-refractivity contribution in [3.8, 4) is 0 Å². The molecular weight excluding hydrogens is 260 g/mol. The first-order chi connectivity index (χ1) is 9.55. The molecular formula is C14H18N2O4. The Bertz CT molecular complexity index is 510. The van der Waals surface area contributed by atoms with Crippen LogP contribution in [0.1, 0.15) is 28.9 Å². The summed E-state index contributed by atoms with van der Waals surface area (Å²) >= 11 is 0. The second kappa shape index (κ2) is 6.00. The van der Waals surface area contributed by atoms with Gasteiger partial charge in [-0.1, -0.05) is 6.07 Å². The minimum atomic E-state index is -0.934. The Kier molecular flexibility index (Phi) is 4.34. The minimum Gasteiger partial charge on any atom is -0.481 e. The van der Waals surface area contributed by atoms with Crippen LogP contribution in [0.15, 0.2) is 18.3 Å². The zero-order valence-corrected chi connectivity index (χ0v) is 11.4. The summed E-state index contributed by atoms with van der Waals surface area (Å²) in [5.74, 6) is -1.23. The monoisotopic (exact) mass is 278 g/mol. The molecule has 1 saturated heterocycles. The average Bonchev–Trinajstić information content (AvgIpc) is 2.46. The van der Waals surface area contributed by atoms with Crippen LogP contribution in [-0.4, -0.2) is 41.7 Å². The summed E-state index contributed by atoms with van der Waals surface area (Å²) in [5.41, 5.74) is 0.165. The van der Waals surface area contributed by atoms with E-state index in [4.69, 9.17) is 4.74 Å². The van der Waals surface area contributed by atoms with Gasteiger partial charge in [0.15, 0.2) is 0 Å². The summed E-state index contributed by atoms with van der Waals surface area (Å²) in [6.45, 7) is 2.71. The molecule has 108 valence electrons. The molecule has 6 nitrogen and oxygen atoms in total. The number of aryl methyl sites for hydroxylation is 1.